The first-order chi connectivity index (χ1) is 9.20. The summed E-state index contributed by atoms with van der Waals surface area (Å²) in [5, 5.41) is 4.03. The predicted octanol–water partition coefficient (Wildman–Crippen LogP) is 1.58. The second-order valence-electron chi connectivity index (χ2n) is 5.17. The molecule has 0 amide bonds. The lowest BCUT2D eigenvalue weighted by Crippen LogP contribution is -2.26. The van der Waals surface area contributed by atoms with Crippen molar-refractivity contribution in [3.05, 3.63) is 35.7 Å². The molecule has 1 aliphatic heterocycles. The van der Waals surface area contributed by atoms with Gasteiger partial charge in [0.15, 0.2) is 5.82 Å². The van der Waals surface area contributed by atoms with Gasteiger partial charge in [-0.1, -0.05) is 22.9 Å². The van der Waals surface area contributed by atoms with Gasteiger partial charge in [-0.2, -0.15) is 4.98 Å². The lowest BCUT2D eigenvalue weighted by Gasteiger charge is -2.11. The third-order valence-electron chi connectivity index (χ3n) is 3.44. The number of hydrogen-bond acceptors (Lipinski definition) is 5. The number of likely N-dealkylation sites (tertiary alicyclic amines) is 1. The van der Waals surface area contributed by atoms with Gasteiger partial charge in [-0.3, -0.25) is 4.90 Å². The largest absolute Gasteiger partial charge is 0.334 e. The molecule has 1 fully saturated rings. The maximum atomic E-state index is 5.88. The number of hydrogen-bond donors (Lipinski definition) is 1. The van der Waals surface area contributed by atoms with Gasteiger partial charge in [0.05, 0.1) is 6.54 Å². The SMILES string of the molecule is Cc1ccc(-c2nc(CN3CC[C@H](N)C3)no2)cc1. The summed E-state index contributed by atoms with van der Waals surface area (Å²) in [4.78, 5) is 6.70. The zero-order valence-electron chi connectivity index (χ0n) is 11.0. The molecule has 0 saturated carbocycles. The van der Waals surface area contributed by atoms with Gasteiger partial charge in [0.1, 0.15) is 0 Å². The summed E-state index contributed by atoms with van der Waals surface area (Å²) in [5.41, 5.74) is 8.06. The summed E-state index contributed by atoms with van der Waals surface area (Å²) in [6.07, 6.45) is 1.04. The van der Waals surface area contributed by atoms with E-state index in [4.69, 9.17) is 10.3 Å². The number of rotatable bonds is 3. The fourth-order valence-electron chi connectivity index (χ4n) is 2.34. The van der Waals surface area contributed by atoms with Gasteiger partial charge in [0.2, 0.25) is 0 Å². The molecule has 0 spiro atoms. The summed E-state index contributed by atoms with van der Waals surface area (Å²) in [6.45, 7) is 4.69. The normalized spacial score (nSPS) is 20.0. The monoisotopic (exact) mass is 258 g/mol. The van der Waals surface area contributed by atoms with E-state index < -0.39 is 0 Å². The van der Waals surface area contributed by atoms with Gasteiger partial charge in [-0.25, -0.2) is 0 Å². The van der Waals surface area contributed by atoms with Crippen molar-refractivity contribution in [3.8, 4) is 11.5 Å². The highest BCUT2D eigenvalue weighted by molar-refractivity contribution is 5.53. The van der Waals surface area contributed by atoms with E-state index in [1.807, 2.05) is 24.3 Å². The van der Waals surface area contributed by atoms with E-state index in [9.17, 15) is 0 Å². The summed E-state index contributed by atoms with van der Waals surface area (Å²) >= 11 is 0. The second kappa shape index (κ2) is 5.11. The average Bonchev–Trinajstić information content (AvgIpc) is 3.00. The van der Waals surface area contributed by atoms with E-state index in [2.05, 4.69) is 22.0 Å². The van der Waals surface area contributed by atoms with E-state index in [1.165, 1.54) is 5.56 Å². The molecule has 2 heterocycles. The van der Waals surface area contributed by atoms with E-state index in [1.54, 1.807) is 0 Å². The van der Waals surface area contributed by atoms with E-state index in [0.717, 1.165) is 30.9 Å². The van der Waals surface area contributed by atoms with Crippen LogP contribution in [0, 0.1) is 6.92 Å². The van der Waals surface area contributed by atoms with Gasteiger partial charge in [-0.15, -0.1) is 0 Å². The average molecular weight is 258 g/mol. The molecule has 1 saturated heterocycles. The number of aromatic nitrogens is 2. The van der Waals surface area contributed by atoms with E-state index in [-0.39, 0.29) is 6.04 Å². The van der Waals surface area contributed by atoms with Crippen LogP contribution in [-0.4, -0.2) is 34.2 Å². The summed E-state index contributed by atoms with van der Waals surface area (Å²) in [5.74, 6) is 1.31. The minimum Gasteiger partial charge on any atom is -0.334 e. The maximum Gasteiger partial charge on any atom is 0.257 e. The number of nitrogens with zero attached hydrogens (tertiary/aromatic N) is 3. The molecule has 0 unspecified atom stereocenters. The maximum absolute atomic E-state index is 5.88. The Kier molecular flexibility index (Phi) is 3.31. The molecule has 100 valence electrons. The predicted molar refractivity (Wildman–Crippen MR) is 72.3 cm³/mol. The summed E-state index contributed by atoms with van der Waals surface area (Å²) in [7, 11) is 0. The van der Waals surface area contributed by atoms with Crippen LogP contribution in [0.15, 0.2) is 28.8 Å². The first kappa shape index (κ1) is 12.3. The second-order valence-corrected chi connectivity index (χ2v) is 5.17. The van der Waals surface area contributed by atoms with Crippen molar-refractivity contribution in [2.24, 2.45) is 5.73 Å². The molecular weight excluding hydrogens is 240 g/mol. The van der Waals surface area contributed by atoms with Crippen LogP contribution < -0.4 is 5.73 Å². The molecule has 3 rings (SSSR count). The van der Waals surface area contributed by atoms with Crippen molar-refractivity contribution >= 4 is 0 Å². The van der Waals surface area contributed by atoms with Crippen molar-refractivity contribution in [1.29, 1.82) is 0 Å². The summed E-state index contributed by atoms with van der Waals surface area (Å²) in [6, 6.07) is 8.36. The van der Waals surface area contributed by atoms with Gasteiger partial charge < -0.3 is 10.3 Å². The first-order valence-electron chi connectivity index (χ1n) is 6.58. The summed E-state index contributed by atoms with van der Waals surface area (Å²) < 4.78 is 5.31. The number of aryl methyl sites for hydroxylation is 1. The lowest BCUT2D eigenvalue weighted by atomic mass is 10.1. The first-order valence-corrected chi connectivity index (χ1v) is 6.58. The standard InChI is InChI=1S/C14H18N4O/c1-10-2-4-11(5-3-10)14-16-13(17-19-14)9-18-7-6-12(15)8-18/h2-5,12H,6-9,15H2,1H3/t12-/m0/s1. The fraction of sp³-hybridized carbons (Fsp3) is 0.429. The molecular formula is C14H18N4O. The van der Waals surface area contributed by atoms with Crippen LogP contribution in [0.4, 0.5) is 0 Å². The molecule has 5 nitrogen and oxygen atoms in total. The Hall–Kier alpha value is -1.72. The minimum atomic E-state index is 0.281. The molecule has 1 aliphatic rings. The van der Waals surface area contributed by atoms with Crippen molar-refractivity contribution in [2.75, 3.05) is 13.1 Å². The van der Waals surface area contributed by atoms with Crippen LogP contribution >= 0.6 is 0 Å². The molecule has 0 aliphatic carbocycles. The Morgan fingerprint density at radius 1 is 1.37 bits per heavy atom. The number of nitrogens with two attached hydrogens (primary N) is 1. The van der Waals surface area contributed by atoms with Crippen LogP contribution in [0.1, 0.15) is 17.8 Å². The Bertz CT molecular complexity index is 549. The molecule has 1 aromatic carbocycles. The molecule has 1 aromatic heterocycles. The minimum absolute atomic E-state index is 0.281. The zero-order valence-corrected chi connectivity index (χ0v) is 11.0. The number of benzene rings is 1. The van der Waals surface area contributed by atoms with Gasteiger partial charge in [-0.05, 0) is 25.5 Å². The topological polar surface area (TPSA) is 68.2 Å². The molecule has 0 bridgehead atoms. The molecule has 1 atom stereocenters. The molecule has 5 heteroatoms. The van der Waals surface area contributed by atoms with Crippen molar-refractivity contribution in [3.63, 3.8) is 0 Å². The van der Waals surface area contributed by atoms with Crippen molar-refractivity contribution < 1.29 is 4.52 Å². The molecule has 2 aromatic rings. The van der Waals surface area contributed by atoms with Crippen LogP contribution in [0.25, 0.3) is 11.5 Å². The Balaban J connectivity index is 1.71. The van der Waals surface area contributed by atoms with Crippen LogP contribution in [0.2, 0.25) is 0 Å². The Morgan fingerprint density at radius 2 is 2.16 bits per heavy atom. The van der Waals surface area contributed by atoms with Gasteiger partial charge in [0, 0.05) is 24.7 Å². The van der Waals surface area contributed by atoms with Gasteiger partial charge in [0.25, 0.3) is 5.89 Å². The van der Waals surface area contributed by atoms with Crippen LogP contribution in [-0.2, 0) is 6.54 Å². The van der Waals surface area contributed by atoms with Crippen LogP contribution in [0.3, 0.4) is 0 Å². The highest BCUT2D eigenvalue weighted by Gasteiger charge is 2.21. The fourth-order valence-corrected chi connectivity index (χ4v) is 2.34. The third-order valence-corrected chi connectivity index (χ3v) is 3.44. The van der Waals surface area contributed by atoms with Crippen LogP contribution in [0.5, 0.6) is 0 Å². The highest BCUT2D eigenvalue weighted by Crippen LogP contribution is 2.18. The lowest BCUT2D eigenvalue weighted by molar-refractivity contribution is 0.309. The smallest absolute Gasteiger partial charge is 0.257 e. The Morgan fingerprint density at radius 3 is 2.84 bits per heavy atom. The molecule has 19 heavy (non-hydrogen) atoms. The molecule has 2 N–H and O–H groups in total. The highest BCUT2D eigenvalue weighted by atomic mass is 16.5. The van der Waals surface area contributed by atoms with Crippen molar-refractivity contribution in [2.45, 2.75) is 25.9 Å². The Labute approximate surface area is 112 Å². The molecule has 0 radical (unpaired) electrons. The van der Waals surface area contributed by atoms with Crippen molar-refractivity contribution in [1.82, 2.24) is 15.0 Å². The third kappa shape index (κ3) is 2.83. The quantitative estimate of drug-likeness (QED) is 0.905. The van der Waals surface area contributed by atoms with Gasteiger partial charge >= 0.3 is 0 Å². The van der Waals surface area contributed by atoms with E-state index in [0.29, 0.717) is 12.4 Å². The zero-order chi connectivity index (χ0) is 13.2. The van der Waals surface area contributed by atoms with E-state index >= 15 is 0 Å².